The summed E-state index contributed by atoms with van der Waals surface area (Å²) in [6.07, 6.45) is 1.43. The van der Waals surface area contributed by atoms with Gasteiger partial charge in [0.1, 0.15) is 4.90 Å². The van der Waals surface area contributed by atoms with E-state index in [2.05, 4.69) is 9.88 Å². The molecular formula is C15H20N4O3S. The quantitative estimate of drug-likeness (QED) is 0.851. The average molecular weight is 336 g/mol. The third-order valence-corrected chi connectivity index (χ3v) is 5.19. The van der Waals surface area contributed by atoms with Gasteiger partial charge >= 0.3 is 0 Å². The number of fused-ring (bicyclic) bond motifs is 1. The van der Waals surface area contributed by atoms with Crippen molar-refractivity contribution in [1.29, 1.82) is 0 Å². The largest absolute Gasteiger partial charge is 0.360 e. The third-order valence-electron chi connectivity index (χ3n) is 4.24. The van der Waals surface area contributed by atoms with Crippen molar-refractivity contribution in [3.05, 3.63) is 30.0 Å². The van der Waals surface area contributed by atoms with Gasteiger partial charge in [-0.3, -0.25) is 9.69 Å². The molecule has 0 unspecified atom stereocenters. The van der Waals surface area contributed by atoms with Crippen LogP contribution in [0.5, 0.6) is 0 Å². The highest BCUT2D eigenvalue weighted by molar-refractivity contribution is 7.89. The van der Waals surface area contributed by atoms with Crippen molar-refractivity contribution < 1.29 is 13.2 Å². The maximum atomic E-state index is 11.5. The molecule has 1 aromatic carbocycles. The molecule has 0 aliphatic carbocycles. The van der Waals surface area contributed by atoms with Crippen molar-refractivity contribution in [3.8, 4) is 0 Å². The Kier molecular flexibility index (Phi) is 4.13. The summed E-state index contributed by atoms with van der Waals surface area (Å²) < 4.78 is 23.0. The van der Waals surface area contributed by atoms with Crippen LogP contribution in [0.25, 0.3) is 10.9 Å². The third kappa shape index (κ3) is 3.39. The predicted octanol–water partition coefficient (Wildman–Crippen LogP) is 0.479. The Hall–Kier alpha value is -1.90. The lowest BCUT2D eigenvalue weighted by Gasteiger charge is -2.34. The molecule has 3 N–H and O–H groups in total. The number of hydrogen-bond acceptors (Lipinski definition) is 4. The van der Waals surface area contributed by atoms with Crippen molar-refractivity contribution in [1.82, 2.24) is 14.8 Å². The number of primary sulfonamides is 1. The van der Waals surface area contributed by atoms with Gasteiger partial charge in [-0.1, -0.05) is 12.1 Å². The van der Waals surface area contributed by atoms with Crippen molar-refractivity contribution in [2.45, 2.75) is 18.4 Å². The number of aromatic amines is 1. The molecule has 1 aliphatic rings. The molecule has 1 aromatic heterocycles. The van der Waals surface area contributed by atoms with Crippen LogP contribution in [0.3, 0.4) is 0 Å². The molecule has 1 fully saturated rings. The number of nitrogens with one attached hydrogen (secondary N) is 1. The van der Waals surface area contributed by atoms with Crippen molar-refractivity contribution in [3.63, 3.8) is 0 Å². The number of sulfonamides is 1. The van der Waals surface area contributed by atoms with Gasteiger partial charge in [0.05, 0.1) is 0 Å². The molecule has 2 heterocycles. The molecule has 1 amide bonds. The number of benzene rings is 1. The number of carbonyl (C=O) groups excluding carboxylic acids is 1. The number of nitrogens with zero attached hydrogens (tertiary/aromatic N) is 2. The molecule has 7 nitrogen and oxygen atoms in total. The zero-order valence-electron chi connectivity index (χ0n) is 12.9. The fourth-order valence-corrected chi connectivity index (χ4v) is 3.67. The number of hydrogen-bond donors (Lipinski definition) is 2. The van der Waals surface area contributed by atoms with Crippen LogP contribution in [0.15, 0.2) is 29.3 Å². The number of aromatic nitrogens is 1. The molecule has 124 valence electrons. The molecule has 0 bridgehead atoms. The lowest BCUT2D eigenvalue weighted by molar-refractivity contribution is -0.130. The highest BCUT2D eigenvalue weighted by Crippen LogP contribution is 2.23. The molecule has 1 saturated heterocycles. The van der Waals surface area contributed by atoms with Gasteiger partial charge in [0.25, 0.3) is 0 Å². The molecule has 0 saturated carbocycles. The standard InChI is InChI=1S/C15H20N4O3S/c1-11(20)19-6-4-18(5-7-19)10-12-2-3-13-14(8-12)17-9-15(13)23(16,21)22/h2-3,8-9,17H,4-7,10H2,1H3,(H2,16,21,22). The average Bonchev–Trinajstić information content (AvgIpc) is 2.91. The zero-order valence-corrected chi connectivity index (χ0v) is 13.8. The maximum absolute atomic E-state index is 11.5. The Morgan fingerprint density at radius 3 is 2.57 bits per heavy atom. The first-order valence-corrected chi connectivity index (χ1v) is 9.00. The summed E-state index contributed by atoms with van der Waals surface area (Å²) in [6.45, 7) is 5.53. The molecule has 0 atom stereocenters. The lowest BCUT2D eigenvalue weighted by atomic mass is 10.1. The van der Waals surface area contributed by atoms with E-state index in [9.17, 15) is 13.2 Å². The zero-order chi connectivity index (χ0) is 16.6. The highest BCUT2D eigenvalue weighted by atomic mass is 32.2. The van der Waals surface area contributed by atoms with Crippen LogP contribution < -0.4 is 5.14 Å². The number of piperazine rings is 1. The summed E-state index contributed by atoms with van der Waals surface area (Å²) in [7, 11) is -3.72. The SMILES string of the molecule is CC(=O)N1CCN(Cc2ccc3c(S(N)(=O)=O)c[nH]c3c2)CC1. The van der Waals surface area contributed by atoms with Crippen LogP contribution in [0.2, 0.25) is 0 Å². The smallest absolute Gasteiger partial charge is 0.240 e. The van der Waals surface area contributed by atoms with E-state index in [1.165, 1.54) is 6.20 Å². The fourth-order valence-electron chi connectivity index (χ4n) is 2.96. The normalized spacial score (nSPS) is 16.9. The topological polar surface area (TPSA) is 99.5 Å². The summed E-state index contributed by atoms with van der Waals surface area (Å²) in [5, 5.41) is 5.81. The summed E-state index contributed by atoms with van der Waals surface area (Å²) >= 11 is 0. The Bertz CT molecular complexity index is 836. The van der Waals surface area contributed by atoms with Crippen LogP contribution in [-0.2, 0) is 21.4 Å². The molecule has 0 spiro atoms. The predicted molar refractivity (Wildman–Crippen MR) is 87.2 cm³/mol. The van der Waals surface area contributed by atoms with Gasteiger partial charge in [0, 0.05) is 56.7 Å². The molecular weight excluding hydrogens is 316 g/mol. The van der Waals surface area contributed by atoms with E-state index in [0.717, 1.165) is 43.8 Å². The number of nitrogens with two attached hydrogens (primary N) is 1. The number of rotatable bonds is 3. The molecule has 2 aromatic rings. The second-order valence-electron chi connectivity index (χ2n) is 5.86. The van der Waals surface area contributed by atoms with Crippen LogP contribution >= 0.6 is 0 Å². The molecule has 23 heavy (non-hydrogen) atoms. The van der Waals surface area contributed by atoms with Gasteiger partial charge < -0.3 is 9.88 Å². The van der Waals surface area contributed by atoms with E-state index in [-0.39, 0.29) is 10.8 Å². The molecule has 1 aliphatic heterocycles. The van der Waals surface area contributed by atoms with E-state index in [1.54, 1.807) is 13.0 Å². The first-order valence-electron chi connectivity index (χ1n) is 7.45. The van der Waals surface area contributed by atoms with Crippen LogP contribution in [-0.4, -0.2) is 55.3 Å². The molecule has 3 rings (SSSR count). The maximum Gasteiger partial charge on any atom is 0.240 e. The fraction of sp³-hybridized carbons (Fsp3) is 0.400. The summed E-state index contributed by atoms with van der Waals surface area (Å²) in [5.41, 5.74) is 1.85. The summed E-state index contributed by atoms with van der Waals surface area (Å²) in [5.74, 6) is 0.118. The summed E-state index contributed by atoms with van der Waals surface area (Å²) in [6, 6.07) is 5.65. The van der Waals surface area contributed by atoms with Gasteiger partial charge in [-0.15, -0.1) is 0 Å². The van der Waals surface area contributed by atoms with E-state index in [1.807, 2.05) is 17.0 Å². The second kappa shape index (κ2) is 5.95. The minimum Gasteiger partial charge on any atom is -0.360 e. The lowest BCUT2D eigenvalue weighted by Crippen LogP contribution is -2.47. The van der Waals surface area contributed by atoms with Crippen LogP contribution in [0.1, 0.15) is 12.5 Å². The van der Waals surface area contributed by atoms with Crippen molar-refractivity contribution >= 4 is 26.8 Å². The number of H-pyrrole nitrogens is 1. The Morgan fingerprint density at radius 1 is 1.26 bits per heavy atom. The van der Waals surface area contributed by atoms with Gasteiger partial charge in [-0.25, -0.2) is 13.6 Å². The molecule has 8 heteroatoms. The highest BCUT2D eigenvalue weighted by Gasteiger charge is 2.19. The number of amides is 1. The van der Waals surface area contributed by atoms with Gasteiger partial charge in [0.2, 0.25) is 15.9 Å². The Morgan fingerprint density at radius 2 is 1.96 bits per heavy atom. The monoisotopic (exact) mass is 336 g/mol. The van der Waals surface area contributed by atoms with Crippen LogP contribution in [0, 0.1) is 0 Å². The first kappa shape index (κ1) is 16.0. The van der Waals surface area contributed by atoms with Crippen molar-refractivity contribution in [2.75, 3.05) is 26.2 Å². The minimum atomic E-state index is -3.72. The van der Waals surface area contributed by atoms with E-state index in [4.69, 9.17) is 5.14 Å². The van der Waals surface area contributed by atoms with Gasteiger partial charge in [-0.05, 0) is 11.6 Å². The van der Waals surface area contributed by atoms with E-state index >= 15 is 0 Å². The van der Waals surface area contributed by atoms with Gasteiger partial charge in [-0.2, -0.15) is 0 Å². The van der Waals surface area contributed by atoms with Crippen molar-refractivity contribution in [2.24, 2.45) is 5.14 Å². The first-order chi connectivity index (χ1) is 10.8. The molecule has 0 radical (unpaired) electrons. The van der Waals surface area contributed by atoms with E-state index in [0.29, 0.717) is 5.39 Å². The minimum absolute atomic E-state index is 0.118. The van der Waals surface area contributed by atoms with E-state index < -0.39 is 10.0 Å². The Balaban J connectivity index is 1.74. The van der Waals surface area contributed by atoms with Gasteiger partial charge in [0.15, 0.2) is 0 Å². The number of carbonyl (C=O) groups is 1. The Labute approximate surface area is 135 Å². The van der Waals surface area contributed by atoms with Crippen LogP contribution in [0.4, 0.5) is 0 Å². The second-order valence-corrected chi connectivity index (χ2v) is 7.39. The summed E-state index contributed by atoms with van der Waals surface area (Å²) in [4.78, 5) is 18.6.